The van der Waals surface area contributed by atoms with Crippen molar-refractivity contribution in [2.24, 2.45) is 0 Å². The third-order valence-corrected chi connectivity index (χ3v) is 4.27. The van der Waals surface area contributed by atoms with Crippen molar-refractivity contribution in [2.45, 2.75) is 19.9 Å². The van der Waals surface area contributed by atoms with E-state index < -0.39 is 5.63 Å². The van der Waals surface area contributed by atoms with Gasteiger partial charge in [0.05, 0.1) is 34.9 Å². The summed E-state index contributed by atoms with van der Waals surface area (Å²) in [6.07, 6.45) is 3.45. The summed E-state index contributed by atoms with van der Waals surface area (Å²) in [5.41, 5.74) is 4.02. The molecule has 2 N–H and O–H groups in total. The highest BCUT2D eigenvalue weighted by Gasteiger charge is 2.12. The smallest absolute Gasteiger partial charge is 0.346 e. The summed E-state index contributed by atoms with van der Waals surface area (Å²) in [5, 5.41) is 5.84. The van der Waals surface area contributed by atoms with Crippen LogP contribution in [0.25, 0.3) is 22.8 Å². The Hall–Kier alpha value is -3.81. The van der Waals surface area contributed by atoms with Crippen molar-refractivity contribution >= 4 is 5.95 Å². The number of H-pyrrole nitrogens is 1. The highest BCUT2D eigenvalue weighted by molar-refractivity contribution is 5.61. The molecule has 0 radical (unpaired) electrons. The van der Waals surface area contributed by atoms with Crippen molar-refractivity contribution in [3.63, 3.8) is 0 Å². The van der Waals surface area contributed by atoms with Gasteiger partial charge in [0, 0.05) is 12.4 Å². The Labute approximate surface area is 160 Å². The fourth-order valence-corrected chi connectivity index (χ4v) is 2.92. The molecule has 28 heavy (non-hydrogen) atoms. The second kappa shape index (κ2) is 7.43. The number of hydrogen-bond donors (Lipinski definition) is 2. The number of rotatable bonds is 5. The van der Waals surface area contributed by atoms with Crippen molar-refractivity contribution in [1.82, 2.24) is 25.1 Å². The Morgan fingerprint density at radius 2 is 1.82 bits per heavy atom. The van der Waals surface area contributed by atoms with Gasteiger partial charge < -0.3 is 9.84 Å². The van der Waals surface area contributed by atoms with Gasteiger partial charge >= 0.3 is 5.63 Å². The summed E-state index contributed by atoms with van der Waals surface area (Å²) in [7, 11) is 0. The monoisotopic (exact) mass is 374 g/mol. The minimum Gasteiger partial charge on any atom is -0.346 e. The maximum Gasteiger partial charge on any atom is 0.357 e. The molecule has 0 aliphatic carbocycles. The Balaban J connectivity index is 1.61. The van der Waals surface area contributed by atoms with Crippen LogP contribution in [0.5, 0.6) is 0 Å². The van der Waals surface area contributed by atoms with Gasteiger partial charge in [-0.2, -0.15) is 0 Å². The molecule has 0 saturated carbocycles. The number of nitrogens with one attached hydrogen (secondary N) is 2. The molecule has 4 aromatic heterocycles. The van der Waals surface area contributed by atoms with Gasteiger partial charge in [0.1, 0.15) is 5.69 Å². The van der Waals surface area contributed by atoms with Crippen LogP contribution in [0.3, 0.4) is 0 Å². The fourth-order valence-electron chi connectivity index (χ4n) is 2.92. The summed E-state index contributed by atoms with van der Waals surface area (Å²) in [6, 6.07) is 12.5. The van der Waals surface area contributed by atoms with Gasteiger partial charge in [0.2, 0.25) is 5.95 Å². The molecule has 0 aliphatic heterocycles. The molecule has 0 aliphatic rings. The molecule has 0 unspecified atom stereocenters. The molecular weight excluding hydrogens is 356 g/mol. The molecule has 1 atom stereocenters. The number of hydrogen-bond acceptors (Lipinski definition) is 7. The maximum atomic E-state index is 11.2. The van der Waals surface area contributed by atoms with Crippen LogP contribution in [-0.4, -0.2) is 25.1 Å². The molecule has 4 heterocycles. The molecule has 4 aromatic rings. The zero-order valence-electron chi connectivity index (χ0n) is 15.4. The highest BCUT2D eigenvalue weighted by atomic mass is 16.5. The average Bonchev–Trinajstić information content (AvgIpc) is 3.15. The minimum atomic E-state index is -0.450. The number of aromatic nitrogens is 5. The molecule has 4 rings (SSSR count). The predicted molar refractivity (Wildman–Crippen MR) is 105 cm³/mol. The van der Waals surface area contributed by atoms with Crippen LogP contribution in [-0.2, 0) is 0 Å². The molecule has 0 saturated heterocycles. The van der Waals surface area contributed by atoms with Crippen molar-refractivity contribution in [2.75, 3.05) is 5.32 Å². The molecule has 8 nitrogen and oxygen atoms in total. The minimum absolute atomic E-state index is 0.0493. The Morgan fingerprint density at radius 3 is 2.61 bits per heavy atom. The zero-order chi connectivity index (χ0) is 19.5. The van der Waals surface area contributed by atoms with Crippen LogP contribution < -0.4 is 10.9 Å². The zero-order valence-corrected chi connectivity index (χ0v) is 15.4. The van der Waals surface area contributed by atoms with Crippen LogP contribution in [0.15, 0.2) is 64.2 Å². The van der Waals surface area contributed by atoms with E-state index in [9.17, 15) is 4.79 Å². The summed E-state index contributed by atoms with van der Waals surface area (Å²) < 4.78 is 4.72. The van der Waals surface area contributed by atoms with E-state index in [1.54, 1.807) is 24.5 Å². The topological polar surface area (TPSA) is 110 Å². The van der Waals surface area contributed by atoms with E-state index in [2.05, 4.69) is 30.4 Å². The summed E-state index contributed by atoms with van der Waals surface area (Å²) >= 11 is 0. The van der Waals surface area contributed by atoms with Crippen molar-refractivity contribution in [3.8, 4) is 22.8 Å². The van der Waals surface area contributed by atoms with Crippen LogP contribution >= 0.6 is 0 Å². The van der Waals surface area contributed by atoms with E-state index in [0.29, 0.717) is 28.7 Å². The third kappa shape index (κ3) is 3.66. The van der Waals surface area contributed by atoms with E-state index in [1.807, 2.05) is 38.1 Å². The second-order valence-electron chi connectivity index (χ2n) is 6.33. The molecule has 0 bridgehead atoms. The lowest BCUT2D eigenvalue weighted by molar-refractivity contribution is 0.393. The molecule has 0 amide bonds. The summed E-state index contributed by atoms with van der Waals surface area (Å²) in [4.78, 5) is 29.1. The Morgan fingerprint density at radius 1 is 1.00 bits per heavy atom. The normalized spacial score (nSPS) is 11.9. The van der Waals surface area contributed by atoms with Gasteiger partial charge in [-0.3, -0.25) is 4.98 Å². The standard InChI is InChI=1S/C20H18N6O2/c1-12-5-4-9-21-19(12)13(2)23-20-22-10-8-16(25-20)14-6-3-7-15(24-14)17-11-18(27)28-26-17/h3-11,13,26H,1-2H3,(H,22,23,25)/t13-/m1/s1. The first kappa shape index (κ1) is 17.6. The quantitative estimate of drug-likeness (QED) is 0.551. The van der Waals surface area contributed by atoms with Crippen LogP contribution in [0.2, 0.25) is 0 Å². The number of aromatic amines is 1. The van der Waals surface area contributed by atoms with E-state index in [-0.39, 0.29) is 6.04 Å². The lowest BCUT2D eigenvalue weighted by Crippen LogP contribution is -2.12. The predicted octanol–water partition coefficient (Wildman–Crippen LogP) is 3.36. The first-order valence-corrected chi connectivity index (χ1v) is 8.77. The largest absolute Gasteiger partial charge is 0.357 e. The average molecular weight is 374 g/mol. The van der Waals surface area contributed by atoms with Crippen molar-refractivity contribution in [1.29, 1.82) is 0 Å². The molecule has 140 valence electrons. The van der Waals surface area contributed by atoms with E-state index in [0.717, 1.165) is 11.3 Å². The molecule has 8 heteroatoms. The second-order valence-corrected chi connectivity index (χ2v) is 6.33. The fraction of sp³-hybridized carbons (Fsp3) is 0.150. The Kier molecular flexibility index (Phi) is 4.67. The molecular formula is C20H18N6O2. The number of anilines is 1. The van der Waals surface area contributed by atoms with E-state index >= 15 is 0 Å². The van der Waals surface area contributed by atoms with Crippen molar-refractivity contribution < 1.29 is 4.52 Å². The highest BCUT2D eigenvalue weighted by Crippen LogP contribution is 2.22. The van der Waals surface area contributed by atoms with Gasteiger partial charge in [-0.1, -0.05) is 12.1 Å². The maximum absolute atomic E-state index is 11.2. The van der Waals surface area contributed by atoms with Crippen molar-refractivity contribution in [3.05, 3.63) is 76.5 Å². The van der Waals surface area contributed by atoms with Crippen LogP contribution in [0.1, 0.15) is 24.2 Å². The third-order valence-electron chi connectivity index (χ3n) is 4.27. The van der Waals surface area contributed by atoms with Gasteiger partial charge in [0.25, 0.3) is 0 Å². The van der Waals surface area contributed by atoms with Crippen LogP contribution in [0.4, 0.5) is 5.95 Å². The first-order valence-electron chi connectivity index (χ1n) is 8.77. The lowest BCUT2D eigenvalue weighted by atomic mass is 10.1. The molecule has 0 aromatic carbocycles. The van der Waals surface area contributed by atoms with E-state index in [1.165, 1.54) is 6.07 Å². The van der Waals surface area contributed by atoms with Crippen LogP contribution in [0, 0.1) is 6.92 Å². The Bertz CT molecular complexity index is 1170. The van der Waals surface area contributed by atoms with Gasteiger partial charge in [0.15, 0.2) is 0 Å². The number of aryl methyl sites for hydroxylation is 1. The van der Waals surface area contributed by atoms with Gasteiger partial charge in [-0.15, -0.1) is 0 Å². The summed E-state index contributed by atoms with van der Waals surface area (Å²) in [5.74, 6) is 0.485. The summed E-state index contributed by atoms with van der Waals surface area (Å²) in [6.45, 7) is 4.03. The van der Waals surface area contributed by atoms with Gasteiger partial charge in [-0.05, 0) is 43.7 Å². The number of pyridine rings is 2. The SMILES string of the molecule is Cc1cccnc1[C@@H](C)Nc1nccc(-c2cccc(-c3cc(=O)o[nH]3)n2)n1. The lowest BCUT2D eigenvalue weighted by Gasteiger charge is -2.15. The molecule has 0 spiro atoms. The first-order chi connectivity index (χ1) is 13.6. The van der Waals surface area contributed by atoms with Gasteiger partial charge in [-0.25, -0.2) is 24.9 Å². The van der Waals surface area contributed by atoms with E-state index in [4.69, 9.17) is 4.52 Å². The molecule has 0 fully saturated rings. The number of nitrogens with zero attached hydrogens (tertiary/aromatic N) is 4.